The average molecular weight is 532 g/mol. The summed E-state index contributed by atoms with van der Waals surface area (Å²) in [5.41, 5.74) is -0.128. The summed E-state index contributed by atoms with van der Waals surface area (Å²) in [5.74, 6) is -0.740. The van der Waals surface area contributed by atoms with Crippen LogP contribution in [0.2, 0.25) is 0 Å². The third kappa shape index (κ3) is 5.00. The minimum Gasteiger partial charge on any atom is -0.294 e. The zero-order chi connectivity index (χ0) is 26.6. The summed E-state index contributed by atoms with van der Waals surface area (Å²) >= 11 is 0. The molecule has 6 nitrogen and oxygen atoms in total. The molecular formula is C26H21F4N3O3S. The van der Waals surface area contributed by atoms with Crippen molar-refractivity contribution < 1.29 is 30.8 Å². The molecule has 3 heterocycles. The third-order valence-corrected chi connectivity index (χ3v) is 8.53. The summed E-state index contributed by atoms with van der Waals surface area (Å²) in [6.07, 6.45) is -3.16. The first kappa shape index (κ1) is 25.1. The SMILES string of the molecule is CC1(CC(=O)c2ccc3c(-c4ccnc(C(F)(F)F)c4)nn(-c4ccc(F)cc4)c3c2)CCS(=O)(=O)C1. The van der Waals surface area contributed by atoms with Crippen LogP contribution in [0.1, 0.15) is 35.8 Å². The number of sulfone groups is 1. The van der Waals surface area contributed by atoms with Crippen LogP contribution in [0.4, 0.5) is 17.6 Å². The lowest BCUT2D eigenvalue weighted by atomic mass is 9.83. The second-order valence-corrected chi connectivity index (χ2v) is 11.8. The highest BCUT2D eigenvalue weighted by Crippen LogP contribution is 2.38. The van der Waals surface area contributed by atoms with Gasteiger partial charge < -0.3 is 0 Å². The van der Waals surface area contributed by atoms with Crippen molar-refractivity contribution in [1.29, 1.82) is 0 Å². The molecule has 4 aromatic rings. The molecule has 1 unspecified atom stereocenters. The van der Waals surface area contributed by atoms with E-state index in [0.29, 0.717) is 28.6 Å². The van der Waals surface area contributed by atoms with Crippen LogP contribution in [0.3, 0.4) is 0 Å². The Kier molecular flexibility index (Phi) is 5.93. The molecule has 0 aliphatic carbocycles. The minimum absolute atomic E-state index is 0.0363. The van der Waals surface area contributed by atoms with Crippen molar-refractivity contribution in [2.45, 2.75) is 25.9 Å². The molecule has 0 bridgehead atoms. The van der Waals surface area contributed by atoms with Gasteiger partial charge in [-0.3, -0.25) is 9.78 Å². The molecule has 0 amide bonds. The summed E-state index contributed by atoms with van der Waals surface area (Å²) in [6, 6.07) is 12.5. The highest BCUT2D eigenvalue weighted by molar-refractivity contribution is 7.91. The topological polar surface area (TPSA) is 81.9 Å². The molecule has 2 aromatic heterocycles. The number of ketones is 1. The van der Waals surface area contributed by atoms with E-state index >= 15 is 0 Å². The molecule has 0 radical (unpaired) electrons. The van der Waals surface area contributed by atoms with Gasteiger partial charge in [-0.15, -0.1) is 0 Å². The third-order valence-electron chi connectivity index (χ3n) is 6.57. The Labute approximate surface area is 209 Å². The molecule has 37 heavy (non-hydrogen) atoms. The van der Waals surface area contributed by atoms with Gasteiger partial charge in [0.1, 0.15) is 17.2 Å². The van der Waals surface area contributed by atoms with Crippen molar-refractivity contribution in [3.63, 3.8) is 0 Å². The summed E-state index contributed by atoms with van der Waals surface area (Å²) < 4.78 is 78.8. The van der Waals surface area contributed by atoms with Crippen LogP contribution in [0, 0.1) is 11.2 Å². The van der Waals surface area contributed by atoms with Crippen molar-refractivity contribution in [1.82, 2.24) is 14.8 Å². The van der Waals surface area contributed by atoms with Crippen molar-refractivity contribution in [2.24, 2.45) is 5.41 Å². The fraction of sp³-hybridized carbons (Fsp3) is 0.269. The number of aromatic nitrogens is 3. The predicted molar refractivity (Wildman–Crippen MR) is 130 cm³/mol. The smallest absolute Gasteiger partial charge is 0.294 e. The van der Waals surface area contributed by atoms with Gasteiger partial charge in [0, 0.05) is 29.1 Å². The molecule has 0 spiro atoms. The average Bonchev–Trinajstić information content (AvgIpc) is 3.35. The zero-order valence-electron chi connectivity index (χ0n) is 19.6. The number of rotatable bonds is 5. The minimum atomic E-state index is -4.64. The van der Waals surface area contributed by atoms with Gasteiger partial charge in [0.2, 0.25) is 0 Å². The Morgan fingerprint density at radius 3 is 2.46 bits per heavy atom. The Morgan fingerprint density at radius 2 is 1.81 bits per heavy atom. The largest absolute Gasteiger partial charge is 0.433 e. The number of Topliss-reactive ketones (excluding diaryl/α,β-unsaturated/α-hetero) is 1. The van der Waals surface area contributed by atoms with Gasteiger partial charge in [-0.05, 0) is 60.4 Å². The Balaban J connectivity index is 1.62. The summed E-state index contributed by atoms with van der Waals surface area (Å²) in [6.45, 7) is 1.77. The van der Waals surface area contributed by atoms with E-state index in [9.17, 15) is 30.8 Å². The number of nitrogens with zero attached hydrogens (tertiary/aromatic N) is 3. The number of carbonyl (C=O) groups excluding carboxylic acids is 1. The number of benzene rings is 2. The fourth-order valence-electron chi connectivity index (χ4n) is 4.72. The van der Waals surface area contributed by atoms with Gasteiger partial charge in [0.15, 0.2) is 15.6 Å². The van der Waals surface area contributed by atoms with Gasteiger partial charge in [-0.2, -0.15) is 18.3 Å². The zero-order valence-corrected chi connectivity index (χ0v) is 20.4. The molecule has 5 rings (SSSR count). The van der Waals surface area contributed by atoms with E-state index in [0.717, 1.165) is 12.3 Å². The van der Waals surface area contributed by atoms with Crippen molar-refractivity contribution in [3.05, 3.63) is 77.9 Å². The Bertz CT molecular complexity index is 1630. The standard InChI is InChI=1S/C26H21F4N3O3S/c1-25(9-11-37(35,36)15-25)14-22(34)16-2-7-20-21(12-16)33(19-5-3-18(27)4-6-19)32-24(20)17-8-10-31-23(13-17)26(28,29)30/h2-8,10,12-13H,9,11,14-15H2,1H3. The van der Waals surface area contributed by atoms with Crippen LogP contribution in [0.5, 0.6) is 0 Å². The maximum Gasteiger partial charge on any atom is 0.433 e. The number of fused-ring (bicyclic) bond motifs is 1. The van der Waals surface area contributed by atoms with Crippen LogP contribution in [0.15, 0.2) is 60.8 Å². The highest BCUT2D eigenvalue weighted by Gasteiger charge is 2.40. The molecule has 1 aliphatic heterocycles. The van der Waals surface area contributed by atoms with Gasteiger partial charge in [0.25, 0.3) is 0 Å². The normalized spacial score (nSPS) is 19.4. The fourth-order valence-corrected chi connectivity index (χ4v) is 6.98. The number of hydrogen-bond donors (Lipinski definition) is 0. The summed E-state index contributed by atoms with van der Waals surface area (Å²) in [7, 11) is -3.19. The summed E-state index contributed by atoms with van der Waals surface area (Å²) in [4.78, 5) is 16.6. The van der Waals surface area contributed by atoms with Gasteiger partial charge in [-0.25, -0.2) is 17.5 Å². The molecule has 11 heteroatoms. The van der Waals surface area contributed by atoms with Crippen LogP contribution >= 0.6 is 0 Å². The number of pyridine rings is 1. The lowest BCUT2D eigenvalue weighted by Crippen LogP contribution is -2.22. The predicted octanol–water partition coefficient (Wildman–Crippen LogP) is 5.64. The second-order valence-electron chi connectivity index (χ2n) is 9.65. The quantitative estimate of drug-likeness (QED) is 0.246. The number of hydrogen-bond acceptors (Lipinski definition) is 5. The maximum atomic E-state index is 13.6. The first-order valence-corrected chi connectivity index (χ1v) is 13.2. The van der Waals surface area contributed by atoms with Crippen molar-refractivity contribution in [2.75, 3.05) is 11.5 Å². The van der Waals surface area contributed by atoms with Gasteiger partial charge in [0.05, 0.1) is 22.7 Å². The van der Waals surface area contributed by atoms with E-state index in [-0.39, 0.29) is 35.0 Å². The van der Waals surface area contributed by atoms with E-state index in [4.69, 9.17) is 0 Å². The molecule has 0 saturated carbocycles. The van der Waals surface area contributed by atoms with E-state index < -0.39 is 32.9 Å². The van der Waals surface area contributed by atoms with E-state index in [2.05, 4.69) is 10.1 Å². The molecule has 0 N–H and O–H groups in total. The number of carbonyl (C=O) groups is 1. The van der Waals surface area contributed by atoms with E-state index in [1.165, 1.54) is 35.0 Å². The van der Waals surface area contributed by atoms with Crippen molar-refractivity contribution >= 4 is 26.5 Å². The molecular weight excluding hydrogens is 510 g/mol. The van der Waals surface area contributed by atoms with Crippen LogP contribution < -0.4 is 0 Å². The van der Waals surface area contributed by atoms with E-state index in [1.807, 2.05) is 0 Å². The number of halogens is 4. The first-order chi connectivity index (χ1) is 17.3. The molecule has 1 saturated heterocycles. The molecule has 192 valence electrons. The molecule has 2 aromatic carbocycles. The molecule has 1 aliphatic rings. The lowest BCUT2D eigenvalue weighted by molar-refractivity contribution is -0.141. The number of alkyl halides is 3. The van der Waals surface area contributed by atoms with Crippen molar-refractivity contribution in [3.8, 4) is 16.9 Å². The lowest BCUT2D eigenvalue weighted by Gasteiger charge is -2.20. The Morgan fingerprint density at radius 1 is 1.08 bits per heavy atom. The molecule has 1 atom stereocenters. The second kappa shape index (κ2) is 8.76. The van der Waals surface area contributed by atoms with Crippen LogP contribution in [0.25, 0.3) is 27.8 Å². The van der Waals surface area contributed by atoms with Gasteiger partial charge in [-0.1, -0.05) is 13.0 Å². The van der Waals surface area contributed by atoms with Gasteiger partial charge >= 0.3 is 6.18 Å². The summed E-state index contributed by atoms with van der Waals surface area (Å²) in [5, 5.41) is 5.01. The monoisotopic (exact) mass is 531 g/mol. The van der Waals surface area contributed by atoms with E-state index in [1.54, 1.807) is 25.1 Å². The highest BCUT2D eigenvalue weighted by atomic mass is 32.2. The molecule has 1 fully saturated rings. The first-order valence-electron chi connectivity index (χ1n) is 11.4. The Hall–Kier alpha value is -3.60. The maximum absolute atomic E-state index is 13.6. The van der Waals surface area contributed by atoms with Crippen LogP contribution in [-0.4, -0.2) is 40.5 Å². The van der Waals surface area contributed by atoms with Crippen LogP contribution in [-0.2, 0) is 16.0 Å².